The molecular weight excluding hydrogens is 194 g/mol. The number of aromatic hydroxyl groups is 1. The molecule has 1 heterocycles. The van der Waals surface area contributed by atoms with Gasteiger partial charge in [-0.15, -0.1) is 0 Å². The van der Waals surface area contributed by atoms with Crippen LogP contribution in [0.15, 0.2) is 6.20 Å². The molecule has 0 unspecified atom stereocenters. The monoisotopic (exact) mass is 200 g/mol. The lowest BCUT2D eigenvalue weighted by Gasteiger charge is -2.08. The highest BCUT2D eigenvalue weighted by molar-refractivity contribution is 5.44. The van der Waals surface area contributed by atoms with Crippen LogP contribution in [0.4, 0.5) is 8.78 Å². The first kappa shape index (κ1) is 10.3. The van der Waals surface area contributed by atoms with E-state index >= 15 is 0 Å². The van der Waals surface area contributed by atoms with E-state index in [0.717, 1.165) is 6.20 Å². The number of halogens is 2. The Kier molecular flexibility index (Phi) is 2.94. The summed E-state index contributed by atoms with van der Waals surface area (Å²) in [4.78, 5) is 3.41. The van der Waals surface area contributed by atoms with E-state index in [0.29, 0.717) is 0 Å². The third kappa shape index (κ3) is 1.63. The van der Waals surface area contributed by atoms with E-state index in [-0.39, 0.29) is 11.3 Å². The average molecular weight is 200 g/mol. The molecule has 1 rings (SSSR count). The minimum atomic E-state index is -2.95. The zero-order chi connectivity index (χ0) is 10.7. The van der Waals surface area contributed by atoms with Gasteiger partial charge >= 0.3 is 0 Å². The zero-order valence-electron chi connectivity index (χ0n) is 6.91. The molecule has 0 aliphatic rings. The molecule has 0 saturated carbocycles. The van der Waals surface area contributed by atoms with Gasteiger partial charge in [0.15, 0.2) is 0 Å². The van der Waals surface area contributed by atoms with Crippen LogP contribution in [0.2, 0.25) is 0 Å². The third-order valence-corrected chi connectivity index (χ3v) is 1.69. The quantitative estimate of drug-likeness (QED) is 0.749. The molecule has 4 nitrogen and oxygen atoms in total. The number of nitrogens with zero attached hydrogens (tertiary/aromatic N) is 2. The molecule has 1 aromatic heterocycles. The van der Waals surface area contributed by atoms with Crippen molar-refractivity contribution in [3.63, 3.8) is 0 Å². The molecular formula is C8H6F2N2O2. The van der Waals surface area contributed by atoms with Crippen molar-refractivity contribution in [2.45, 2.75) is 13.0 Å². The molecule has 14 heavy (non-hydrogen) atoms. The summed E-state index contributed by atoms with van der Waals surface area (Å²) in [6.07, 6.45) is -2.19. The Balaban J connectivity index is 3.45. The standard InChI is InChI=1S/C8H6F2N2O2/c9-8(10)7-4(3-13)5(1-11)12-2-6(7)14/h2,8,13-14H,3H2. The van der Waals surface area contributed by atoms with Gasteiger partial charge in [-0.3, -0.25) is 0 Å². The molecule has 0 aromatic carbocycles. The fourth-order valence-corrected chi connectivity index (χ4v) is 1.06. The molecule has 2 N–H and O–H groups in total. The van der Waals surface area contributed by atoms with Crippen molar-refractivity contribution in [2.75, 3.05) is 0 Å². The molecule has 0 saturated heterocycles. The topological polar surface area (TPSA) is 77.1 Å². The summed E-state index contributed by atoms with van der Waals surface area (Å²) in [7, 11) is 0. The highest BCUT2D eigenvalue weighted by atomic mass is 19.3. The van der Waals surface area contributed by atoms with Gasteiger partial charge in [0.2, 0.25) is 0 Å². The maximum Gasteiger partial charge on any atom is 0.267 e. The maximum atomic E-state index is 12.4. The second kappa shape index (κ2) is 3.98. The highest BCUT2D eigenvalue weighted by Crippen LogP contribution is 2.31. The summed E-state index contributed by atoms with van der Waals surface area (Å²) >= 11 is 0. The second-order valence-electron chi connectivity index (χ2n) is 2.45. The van der Waals surface area contributed by atoms with Gasteiger partial charge in [0.05, 0.1) is 18.4 Å². The molecule has 0 atom stereocenters. The fraction of sp³-hybridized carbons (Fsp3) is 0.250. The zero-order valence-corrected chi connectivity index (χ0v) is 6.91. The number of aliphatic hydroxyl groups is 1. The Morgan fingerprint density at radius 1 is 1.57 bits per heavy atom. The van der Waals surface area contributed by atoms with Crippen LogP contribution >= 0.6 is 0 Å². The van der Waals surface area contributed by atoms with Crippen LogP contribution in [0.25, 0.3) is 0 Å². The van der Waals surface area contributed by atoms with Gasteiger partial charge < -0.3 is 10.2 Å². The molecule has 0 bridgehead atoms. The van der Waals surface area contributed by atoms with Gasteiger partial charge in [-0.2, -0.15) is 5.26 Å². The second-order valence-corrected chi connectivity index (χ2v) is 2.45. The number of rotatable bonds is 2. The lowest BCUT2D eigenvalue weighted by Crippen LogP contribution is -2.01. The minimum Gasteiger partial charge on any atom is -0.506 e. The van der Waals surface area contributed by atoms with Crippen molar-refractivity contribution in [1.29, 1.82) is 5.26 Å². The summed E-state index contributed by atoms with van der Waals surface area (Å²) in [5, 5.41) is 26.3. The van der Waals surface area contributed by atoms with E-state index in [4.69, 9.17) is 15.5 Å². The first-order valence-corrected chi connectivity index (χ1v) is 3.61. The number of aromatic nitrogens is 1. The van der Waals surface area contributed by atoms with Gasteiger partial charge in [0.1, 0.15) is 17.5 Å². The predicted molar refractivity (Wildman–Crippen MR) is 41.5 cm³/mol. The molecule has 0 aliphatic heterocycles. The Labute approximate surface area is 78.1 Å². The van der Waals surface area contributed by atoms with Crippen LogP contribution in [-0.2, 0) is 6.61 Å². The minimum absolute atomic E-state index is 0.305. The first-order valence-electron chi connectivity index (χ1n) is 3.61. The van der Waals surface area contributed by atoms with E-state index in [1.54, 1.807) is 6.07 Å². The van der Waals surface area contributed by atoms with Gasteiger partial charge in [-0.25, -0.2) is 13.8 Å². The Bertz CT molecular complexity index is 388. The van der Waals surface area contributed by atoms with Crippen LogP contribution < -0.4 is 0 Å². The van der Waals surface area contributed by atoms with Gasteiger partial charge in [0.25, 0.3) is 6.43 Å². The van der Waals surface area contributed by atoms with E-state index in [2.05, 4.69) is 4.98 Å². The highest BCUT2D eigenvalue weighted by Gasteiger charge is 2.21. The van der Waals surface area contributed by atoms with E-state index in [9.17, 15) is 8.78 Å². The van der Waals surface area contributed by atoms with E-state index < -0.39 is 24.3 Å². The largest absolute Gasteiger partial charge is 0.506 e. The predicted octanol–water partition coefficient (Wildman–Crippen LogP) is 1.09. The summed E-state index contributed by atoms with van der Waals surface area (Å²) < 4.78 is 24.8. The van der Waals surface area contributed by atoms with Crippen molar-refractivity contribution >= 4 is 0 Å². The Hall–Kier alpha value is -1.74. The van der Waals surface area contributed by atoms with Crippen molar-refractivity contribution in [2.24, 2.45) is 0 Å². The maximum absolute atomic E-state index is 12.4. The number of pyridine rings is 1. The Morgan fingerprint density at radius 2 is 2.21 bits per heavy atom. The molecule has 0 amide bonds. The normalized spacial score (nSPS) is 10.2. The molecule has 6 heteroatoms. The van der Waals surface area contributed by atoms with E-state index in [1.807, 2.05) is 0 Å². The molecule has 0 radical (unpaired) electrons. The molecule has 74 valence electrons. The van der Waals surface area contributed by atoms with Crippen molar-refractivity contribution in [3.05, 3.63) is 23.0 Å². The number of nitriles is 1. The smallest absolute Gasteiger partial charge is 0.267 e. The van der Waals surface area contributed by atoms with Gasteiger partial charge in [0, 0.05) is 5.56 Å². The molecule has 1 aromatic rings. The third-order valence-electron chi connectivity index (χ3n) is 1.69. The number of alkyl halides is 2. The van der Waals surface area contributed by atoms with Crippen LogP contribution in [0.1, 0.15) is 23.2 Å². The summed E-state index contributed by atoms with van der Waals surface area (Å²) in [6.45, 7) is -0.760. The van der Waals surface area contributed by atoms with Gasteiger partial charge in [-0.1, -0.05) is 0 Å². The van der Waals surface area contributed by atoms with Crippen LogP contribution in [0.3, 0.4) is 0 Å². The molecule has 0 spiro atoms. The SMILES string of the molecule is N#Cc1ncc(O)c(C(F)F)c1CO. The van der Waals surface area contributed by atoms with Crippen LogP contribution in [0.5, 0.6) is 5.75 Å². The first-order chi connectivity index (χ1) is 6.61. The molecule has 0 fully saturated rings. The lowest BCUT2D eigenvalue weighted by atomic mass is 10.1. The van der Waals surface area contributed by atoms with Crippen LogP contribution in [0, 0.1) is 11.3 Å². The fourth-order valence-electron chi connectivity index (χ4n) is 1.06. The summed E-state index contributed by atoms with van der Waals surface area (Å²) in [5.74, 6) is -0.719. The van der Waals surface area contributed by atoms with Gasteiger partial charge in [-0.05, 0) is 0 Å². The van der Waals surface area contributed by atoms with Crippen LogP contribution in [-0.4, -0.2) is 15.2 Å². The average Bonchev–Trinajstić information content (AvgIpc) is 2.16. The number of hydrogen-bond acceptors (Lipinski definition) is 4. The Morgan fingerprint density at radius 3 is 2.64 bits per heavy atom. The summed E-state index contributed by atoms with van der Waals surface area (Å²) in [6, 6.07) is 1.55. The van der Waals surface area contributed by atoms with E-state index in [1.165, 1.54) is 0 Å². The lowest BCUT2D eigenvalue weighted by molar-refractivity contribution is 0.142. The molecule has 0 aliphatic carbocycles. The summed E-state index contributed by atoms with van der Waals surface area (Å²) in [5.41, 5.74) is -1.37. The number of hydrogen-bond donors (Lipinski definition) is 2. The van der Waals surface area contributed by atoms with Crippen molar-refractivity contribution < 1.29 is 19.0 Å². The van der Waals surface area contributed by atoms with Crippen molar-refractivity contribution in [1.82, 2.24) is 4.98 Å². The number of aliphatic hydroxyl groups excluding tert-OH is 1. The van der Waals surface area contributed by atoms with Crippen molar-refractivity contribution in [3.8, 4) is 11.8 Å².